The molecule has 0 heterocycles. The van der Waals surface area contributed by atoms with Crippen molar-refractivity contribution in [2.45, 2.75) is 13.0 Å². The summed E-state index contributed by atoms with van der Waals surface area (Å²) in [6.45, 7) is 2.02. The molecule has 0 bridgehead atoms. The molecular weight excluding hydrogens is 251 g/mol. The highest BCUT2D eigenvalue weighted by Crippen LogP contribution is 2.02. The van der Waals surface area contributed by atoms with E-state index in [2.05, 4.69) is 10.6 Å². The normalized spacial score (nSPS) is 11.7. The molecule has 1 aromatic rings. The van der Waals surface area contributed by atoms with Gasteiger partial charge >= 0.3 is 0 Å². The first kappa shape index (κ1) is 15.1. The summed E-state index contributed by atoms with van der Waals surface area (Å²) >= 11 is 0. The zero-order chi connectivity index (χ0) is 14.3. The molecule has 19 heavy (non-hydrogen) atoms. The summed E-state index contributed by atoms with van der Waals surface area (Å²) in [5.41, 5.74) is 0.178. The van der Waals surface area contributed by atoms with Crippen molar-refractivity contribution in [3.05, 3.63) is 35.6 Å². The number of halogens is 1. The quantitative estimate of drug-likeness (QED) is 0.798. The summed E-state index contributed by atoms with van der Waals surface area (Å²) < 4.78 is 17.8. The van der Waals surface area contributed by atoms with Gasteiger partial charge in [0.05, 0.1) is 13.2 Å². The van der Waals surface area contributed by atoms with Gasteiger partial charge in [0.25, 0.3) is 5.91 Å². The van der Waals surface area contributed by atoms with Crippen molar-refractivity contribution >= 4 is 11.8 Å². The fourth-order valence-electron chi connectivity index (χ4n) is 1.51. The smallest absolute Gasteiger partial charge is 0.251 e. The Balaban J connectivity index is 2.40. The summed E-state index contributed by atoms with van der Waals surface area (Å²) in [5, 5.41) is 5.06. The third-order valence-electron chi connectivity index (χ3n) is 2.32. The van der Waals surface area contributed by atoms with Gasteiger partial charge in [0.2, 0.25) is 5.91 Å². The third kappa shape index (κ3) is 5.48. The lowest BCUT2D eigenvalue weighted by molar-refractivity contribution is -0.121. The number of rotatable bonds is 6. The minimum atomic E-state index is -0.495. The summed E-state index contributed by atoms with van der Waals surface area (Å²) in [6, 6.07) is 5.13. The van der Waals surface area contributed by atoms with Gasteiger partial charge in [0, 0.05) is 18.7 Å². The zero-order valence-corrected chi connectivity index (χ0v) is 10.9. The molecule has 0 saturated heterocycles. The van der Waals surface area contributed by atoms with Crippen LogP contribution in [0.2, 0.25) is 0 Å². The van der Waals surface area contributed by atoms with Crippen LogP contribution in [0.5, 0.6) is 0 Å². The average Bonchev–Trinajstić information content (AvgIpc) is 2.36. The van der Waals surface area contributed by atoms with E-state index in [0.717, 1.165) is 6.07 Å². The maximum Gasteiger partial charge on any atom is 0.251 e. The van der Waals surface area contributed by atoms with Crippen LogP contribution >= 0.6 is 0 Å². The number of methoxy groups -OCH3 is 1. The Kier molecular flexibility index (Phi) is 5.95. The number of hydrogen-bond acceptors (Lipinski definition) is 3. The van der Waals surface area contributed by atoms with Crippen LogP contribution in [0.1, 0.15) is 17.3 Å². The van der Waals surface area contributed by atoms with E-state index in [9.17, 15) is 14.0 Å². The van der Waals surface area contributed by atoms with E-state index in [1.807, 2.05) is 0 Å². The molecule has 104 valence electrons. The molecule has 1 aromatic carbocycles. The molecular formula is C13H17FN2O3. The number of amides is 2. The van der Waals surface area contributed by atoms with Crippen LogP contribution in [0.4, 0.5) is 4.39 Å². The highest BCUT2D eigenvalue weighted by Gasteiger charge is 2.10. The van der Waals surface area contributed by atoms with Gasteiger partial charge in [-0.05, 0) is 25.1 Å². The molecule has 0 aliphatic rings. The minimum Gasteiger partial charge on any atom is -0.383 e. The third-order valence-corrected chi connectivity index (χ3v) is 2.32. The van der Waals surface area contributed by atoms with Crippen LogP contribution < -0.4 is 10.6 Å². The molecule has 0 saturated carbocycles. The van der Waals surface area contributed by atoms with Crippen LogP contribution in [0.25, 0.3) is 0 Å². The zero-order valence-electron chi connectivity index (χ0n) is 10.9. The standard InChI is InChI=1S/C13H17FN2O3/c1-9(8-19-2)16-12(17)7-15-13(18)10-4-3-5-11(14)6-10/h3-6,9H,7-8H2,1-2H3,(H,15,18)(H,16,17). The summed E-state index contributed by atoms with van der Waals surface area (Å²) in [4.78, 5) is 23.1. The summed E-state index contributed by atoms with van der Waals surface area (Å²) in [7, 11) is 1.54. The highest BCUT2D eigenvalue weighted by molar-refractivity contribution is 5.96. The summed E-state index contributed by atoms with van der Waals surface area (Å²) in [6.07, 6.45) is 0. The van der Waals surface area contributed by atoms with Crippen molar-refractivity contribution in [3.8, 4) is 0 Å². The van der Waals surface area contributed by atoms with Gasteiger partial charge in [0.1, 0.15) is 5.82 Å². The van der Waals surface area contributed by atoms with Gasteiger partial charge in [-0.1, -0.05) is 6.07 Å². The molecule has 2 amide bonds. The Hall–Kier alpha value is -1.95. The predicted molar refractivity (Wildman–Crippen MR) is 68.2 cm³/mol. The lowest BCUT2D eigenvalue weighted by atomic mass is 10.2. The maximum atomic E-state index is 12.9. The van der Waals surface area contributed by atoms with E-state index in [-0.39, 0.29) is 24.1 Å². The van der Waals surface area contributed by atoms with Crippen LogP contribution in [0.3, 0.4) is 0 Å². The molecule has 0 radical (unpaired) electrons. The lowest BCUT2D eigenvalue weighted by Crippen LogP contribution is -2.42. The molecule has 1 unspecified atom stereocenters. The van der Waals surface area contributed by atoms with Crippen molar-refractivity contribution in [1.29, 1.82) is 0 Å². The van der Waals surface area contributed by atoms with Crippen molar-refractivity contribution in [1.82, 2.24) is 10.6 Å². The first-order chi connectivity index (χ1) is 9.02. The lowest BCUT2D eigenvalue weighted by Gasteiger charge is -2.13. The van der Waals surface area contributed by atoms with E-state index in [1.54, 1.807) is 6.92 Å². The Morgan fingerprint density at radius 1 is 1.42 bits per heavy atom. The van der Waals surface area contributed by atoms with Gasteiger partial charge < -0.3 is 15.4 Å². The molecule has 0 aliphatic heterocycles. The number of nitrogens with one attached hydrogen (secondary N) is 2. The van der Waals surface area contributed by atoms with Crippen LogP contribution in [-0.4, -0.2) is 38.1 Å². The van der Waals surface area contributed by atoms with Crippen molar-refractivity contribution in [2.24, 2.45) is 0 Å². The van der Waals surface area contributed by atoms with Crippen LogP contribution in [0, 0.1) is 5.82 Å². The number of hydrogen-bond donors (Lipinski definition) is 2. The number of carbonyl (C=O) groups excluding carboxylic acids is 2. The molecule has 1 atom stereocenters. The largest absolute Gasteiger partial charge is 0.383 e. The predicted octanol–water partition coefficient (Wildman–Crippen LogP) is 0.707. The molecule has 0 spiro atoms. The van der Waals surface area contributed by atoms with Crippen molar-refractivity contribution in [3.63, 3.8) is 0 Å². The number of ether oxygens (including phenoxy) is 1. The Labute approximate surface area is 111 Å². The SMILES string of the molecule is COCC(C)NC(=O)CNC(=O)c1cccc(F)c1. The monoisotopic (exact) mass is 268 g/mol. The Morgan fingerprint density at radius 3 is 2.79 bits per heavy atom. The number of benzene rings is 1. The van der Waals surface area contributed by atoms with E-state index in [1.165, 1.54) is 25.3 Å². The van der Waals surface area contributed by atoms with Gasteiger partial charge in [0.15, 0.2) is 0 Å². The molecule has 5 nitrogen and oxygen atoms in total. The average molecular weight is 268 g/mol. The van der Waals surface area contributed by atoms with Gasteiger partial charge in [-0.2, -0.15) is 0 Å². The summed E-state index contributed by atoms with van der Waals surface area (Å²) in [5.74, 6) is -1.31. The van der Waals surface area contributed by atoms with Gasteiger partial charge in [-0.15, -0.1) is 0 Å². The van der Waals surface area contributed by atoms with Crippen LogP contribution in [0.15, 0.2) is 24.3 Å². The second-order valence-corrected chi connectivity index (χ2v) is 4.12. The van der Waals surface area contributed by atoms with E-state index < -0.39 is 11.7 Å². The molecule has 0 aliphatic carbocycles. The van der Waals surface area contributed by atoms with Gasteiger partial charge in [-0.3, -0.25) is 9.59 Å². The molecule has 2 N–H and O–H groups in total. The molecule has 0 fully saturated rings. The fourth-order valence-corrected chi connectivity index (χ4v) is 1.51. The first-order valence-electron chi connectivity index (χ1n) is 5.85. The minimum absolute atomic E-state index is 0.136. The van der Waals surface area contributed by atoms with Crippen LogP contribution in [-0.2, 0) is 9.53 Å². The van der Waals surface area contributed by atoms with E-state index >= 15 is 0 Å². The molecule has 1 rings (SSSR count). The van der Waals surface area contributed by atoms with E-state index in [0.29, 0.717) is 6.61 Å². The Bertz CT molecular complexity index is 451. The Morgan fingerprint density at radius 2 is 2.16 bits per heavy atom. The van der Waals surface area contributed by atoms with E-state index in [4.69, 9.17) is 4.74 Å². The maximum absolute atomic E-state index is 12.9. The van der Waals surface area contributed by atoms with Crippen molar-refractivity contribution in [2.75, 3.05) is 20.3 Å². The molecule has 6 heteroatoms. The number of carbonyl (C=O) groups is 2. The van der Waals surface area contributed by atoms with Gasteiger partial charge in [-0.25, -0.2) is 4.39 Å². The molecule has 0 aromatic heterocycles. The topological polar surface area (TPSA) is 67.4 Å². The second kappa shape index (κ2) is 7.48. The first-order valence-corrected chi connectivity index (χ1v) is 5.85. The fraction of sp³-hybridized carbons (Fsp3) is 0.385. The van der Waals surface area contributed by atoms with Crippen molar-refractivity contribution < 1.29 is 18.7 Å². The highest BCUT2D eigenvalue weighted by atomic mass is 19.1. The second-order valence-electron chi connectivity index (χ2n) is 4.12.